The smallest absolute Gasteiger partial charge is 0.0625 e. The van der Waals surface area contributed by atoms with Crippen LogP contribution in [-0.4, -0.2) is 31.3 Å². The van der Waals surface area contributed by atoms with Gasteiger partial charge in [0.05, 0.1) is 6.61 Å². The number of nitrogens with two attached hydrogens (primary N) is 1. The van der Waals surface area contributed by atoms with Crippen LogP contribution in [0.25, 0.3) is 0 Å². The Hall–Kier alpha value is 0.270. The van der Waals surface area contributed by atoms with E-state index in [-0.39, 0.29) is 6.04 Å². The van der Waals surface area contributed by atoms with Gasteiger partial charge in [-0.15, -0.1) is 0 Å². The highest BCUT2D eigenvalue weighted by molar-refractivity contribution is 7.98. The summed E-state index contributed by atoms with van der Waals surface area (Å²) in [5.74, 6) is 0.986. The molecule has 2 nitrogen and oxygen atoms in total. The molecule has 0 radical (unpaired) electrons. The molecule has 1 unspecified atom stereocenters. The van der Waals surface area contributed by atoms with Crippen molar-refractivity contribution in [3.8, 4) is 0 Å². The maximum absolute atomic E-state index is 5.62. The standard InChI is InChI=1S/C6H15NOS/c1-3-8-4-6(7)5-9-2/h6H,3-5,7H2,1-2H3. The first-order valence-corrected chi connectivity index (χ1v) is 4.53. The number of hydrogen-bond donors (Lipinski definition) is 1. The maximum Gasteiger partial charge on any atom is 0.0625 e. The van der Waals surface area contributed by atoms with Crippen molar-refractivity contribution in [3.05, 3.63) is 0 Å². The fourth-order valence-electron chi connectivity index (χ4n) is 0.531. The fraction of sp³-hybridized carbons (Fsp3) is 1.00. The van der Waals surface area contributed by atoms with Gasteiger partial charge in [0, 0.05) is 18.4 Å². The molecule has 0 spiro atoms. The zero-order chi connectivity index (χ0) is 7.11. The van der Waals surface area contributed by atoms with Crippen molar-refractivity contribution >= 4 is 11.8 Å². The van der Waals surface area contributed by atoms with Gasteiger partial charge in [-0.05, 0) is 13.2 Å². The Morgan fingerprint density at radius 2 is 2.33 bits per heavy atom. The molecule has 3 heteroatoms. The van der Waals surface area contributed by atoms with Gasteiger partial charge in [-0.25, -0.2) is 0 Å². The van der Waals surface area contributed by atoms with Crippen LogP contribution in [0.4, 0.5) is 0 Å². The van der Waals surface area contributed by atoms with Gasteiger partial charge in [0.15, 0.2) is 0 Å². The minimum absolute atomic E-state index is 0.208. The van der Waals surface area contributed by atoms with E-state index in [4.69, 9.17) is 10.5 Å². The Balaban J connectivity index is 2.95. The summed E-state index contributed by atoms with van der Waals surface area (Å²) in [6.07, 6.45) is 2.05. The van der Waals surface area contributed by atoms with Crippen LogP contribution in [0.2, 0.25) is 0 Å². The Kier molecular flexibility index (Phi) is 6.58. The number of rotatable bonds is 5. The van der Waals surface area contributed by atoms with E-state index in [1.807, 2.05) is 13.2 Å². The van der Waals surface area contributed by atoms with Gasteiger partial charge < -0.3 is 10.5 Å². The molecule has 0 aliphatic heterocycles. The van der Waals surface area contributed by atoms with Gasteiger partial charge in [0.2, 0.25) is 0 Å². The highest BCUT2D eigenvalue weighted by Gasteiger charge is 1.98. The van der Waals surface area contributed by atoms with Crippen molar-refractivity contribution < 1.29 is 4.74 Å². The molecule has 0 aromatic rings. The molecule has 0 aliphatic rings. The zero-order valence-electron chi connectivity index (χ0n) is 6.09. The van der Waals surface area contributed by atoms with Crippen LogP contribution in [0.3, 0.4) is 0 Å². The van der Waals surface area contributed by atoms with Crippen LogP contribution in [-0.2, 0) is 4.74 Å². The zero-order valence-corrected chi connectivity index (χ0v) is 6.91. The Morgan fingerprint density at radius 1 is 1.67 bits per heavy atom. The lowest BCUT2D eigenvalue weighted by Gasteiger charge is -2.08. The van der Waals surface area contributed by atoms with Crippen molar-refractivity contribution in [2.45, 2.75) is 13.0 Å². The monoisotopic (exact) mass is 149 g/mol. The van der Waals surface area contributed by atoms with Gasteiger partial charge in [-0.1, -0.05) is 0 Å². The van der Waals surface area contributed by atoms with Gasteiger partial charge in [0.1, 0.15) is 0 Å². The Labute approximate surface area is 61.1 Å². The van der Waals surface area contributed by atoms with Crippen LogP contribution < -0.4 is 5.73 Å². The highest BCUT2D eigenvalue weighted by atomic mass is 32.2. The van der Waals surface area contributed by atoms with Crippen molar-refractivity contribution in [1.29, 1.82) is 0 Å². The first-order chi connectivity index (χ1) is 4.31. The summed E-state index contributed by atoms with van der Waals surface area (Å²) in [6, 6.07) is 0.208. The van der Waals surface area contributed by atoms with Crippen LogP contribution in [0.1, 0.15) is 6.92 Å². The van der Waals surface area contributed by atoms with E-state index >= 15 is 0 Å². The predicted molar refractivity (Wildman–Crippen MR) is 42.9 cm³/mol. The van der Waals surface area contributed by atoms with Crippen LogP contribution in [0, 0.1) is 0 Å². The lowest BCUT2D eigenvalue weighted by molar-refractivity contribution is 0.138. The molecule has 0 amide bonds. The topological polar surface area (TPSA) is 35.2 Å². The van der Waals surface area contributed by atoms with Gasteiger partial charge in [-0.2, -0.15) is 11.8 Å². The quantitative estimate of drug-likeness (QED) is 0.625. The average molecular weight is 149 g/mol. The van der Waals surface area contributed by atoms with E-state index in [1.54, 1.807) is 11.8 Å². The molecule has 0 fully saturated rings. The molecule has 0 aromatic carbocycles. The molecular weight excluding hydrogens is 134 g/mol. The lowest BCUT2D eigenvalue weighted by Crippen LogP contribution is -2.28. The van der Waals surface area contributed by atoms with Crippen molar-refractivity contribution in [2.24, 2.45) is 5.73 Å². The van der Waals surface area contributed by atoms with Gasteiger partial charge in [-0.3, -0.25) is 0 Å². The maximum atomic E-state index is 5.62. The fourth-order valence-corrected chi connectivity index (χ4v) is 1.06. The molecule has 0 aliphatic carbocycles. The normalized spacial score (nSPS) is 13.7. The molecule has 0 bridgehead atoms. The molecule has 0 aromatic heterocycles. The number of hydrogen-bond acceptors (Lipinski definition) is 3. The van der Waals surface area contributed by atoms with E-state index in [0.29, 0.717) is 6.61 Å². The van der Waals surface area contributed by atoms with E-state index in [9.17, 15) is 0 Å². The third-order valence-corrected chi connectivity index (χ3v) is 1.68. The summed E-state index contributed by atoms with van der Waals surface area (Å²) in [6.45, 7) is 3.44. The van der Waals surface area contributed by atoms with Gasteiger partial charge in [0.25, 0.3) is 0 Å². The van der Waals surface area contributed by atoms with Crippen molar-refractivity contribution in [1.82, 2.24) is 0 Å². The molecular formula is C6H15NOS. The van der Waals surface area contributed by atoms with E-state index in [2.05, 4.69) is 0 Å². The molecule has 2 N–H and O–H groups in total. The van der Waals surface area contributed by atoms with E-state index in [0.717, 1.165) is 12.4 Å². The Morgan fingerprint density at radius 3 is 2.78 bits per heavy atom. The SMILES string of the molecule is CCOCC(N)CSC. The largest absolute Gasteiger partial charge is 0.380 e. The minimum Gasteiger partial charge on any atom is -0.380 e. The number of thioether (sulfide) groups is 1. The molecule has 0 heterocycles. The average Bonchev–Trinajstić information content (AvgIpc) is 1.85. The van der Waals surface area contributed by atoms with Crippen LogP contribution in [0.15, 0.2) is 0 Å². The summed E-state index contributed by atoms with van der Waals surface area (Å²) in [7, 11) is 0. The third kappa shape index (κ3) is 6.15. The summed E-state index contributed by atoms with van der Waals surface area (Å²) in [4.78, 5) is 0. The molecule has 1 atom stereocenters. The third-order valence-electron chi connectivity index (χ3n) is 0.917. The first kappa shape index (κ1) is 9.27. The summed E-state index contributed by atoms with van der Waals surface area (Å²) < 4.78 is 5.11. The summed E-state index contributed by atoms with van der Waals surface area (Å²) >= 11 is 1.76. The Bertz CT molecular complexity index is 61.0. The second-order valence-electron chi connectivity index (χ2n) is 1.87. The summed E-state index contributed by atoms with van der Waals surface area (Å²) in [5.41, 5.74) is 5.62. The van der Waals surface area contributed by atoms with Crippen molar-refractivity contribution in [3.63, 3.8) is 0 Å². The first-order valence-electron chi connectivity index (χ1n) is 3.13. The highest BCUT2D eigenvalue weighted by Crippen LogP contribution is 1.94. The van der Waals surface area contributed by atoms with Gasteiger partial charge >= 0.3 is 0 Å². The molecule has 56 valence electrons. The molecule has 0 saturated carbocycles. The van der Waals surface area contributed by atoms with E-state index in [1.165, 1.54) is 0 Å². The number of ether oxygens (including phenoxy) is 1. The van der Waals surface area contributed by atoms with E-state index < -0.39 is 0 Å². The van der Waals surface area contributed by atoms with Crippen LogP contribution in [0.5, 0.6) is 0 Å². The lowest BCUT2D eigenvalue weighted by atomic mass is 10.4. The van der Waals surface area contributed by atoms with Crippen molar-refractivity contribution in [2.75, 3.05) is 25.2 Å². The second-order valence-corrected chi connectivity index (χ2v) is 2.79. The second kappa shape index (κ2) is 6.39. The van der Waals surface area contributed by atoms with Crippen LogP contribution >= 0.6 is 11.8 Å². The molecule has 0 saturated heterocycles. The molecule has 0 rings (SSSR count). The predicted octanol–water partition coefficient (Wildman–Crippen LogP) is 0.713. The summed E-state index contributed by atoms with van der Waals surface area (Å²) in [5, 5.41) is 0. The minimum atomic E-state index is 0.208. The molecule has 9 heavy (non-hydrogen) atoms.